The molecule has 6 heteroatoms. The highest BCUT2D eigenvalue weighted by Gasteiger charge is 2.34. The summed E-state index contributed by atoms with van der Waals surface area (Å²) in [6, 6.07) is 8.71. The van der Waals surface area contributed by atoms with Crippen molar-refractivity contribution in [3.05, 3.63) is 29.8 Å². The van der Waals surface area contributed by atoms with Crippen molar-refractivity contribution in [3.63, 3.8) is 0 Å². The van der Waals surface area contributed by atoms with E-state index in [0.717, 1.165) is 5.56 Å². The highest BCUT2D eigenvalue weighted by atomic mass is 32.2. The Balaban J connectivity index is 2.09. The summed E-state index contributed by atoms with van der Waals surface area (Å²) in [4.78, 5) is 0.130. The molecule has 1 saturated heterocycles. The number of rotatable bonds is 4. The van der Waals surface area contributed by atoms with Gasteiger partial charge >= 0.3 is 0 Å². The van der Waals surface area contributed by atoms with Gasteiger partial charge in [-0.05, 0) is 45.0 Å². The van der Waals surface area contributed by atoms with Crippen LogP contribution in [0, 0.1) is 23.7 Å². The number of aryl methyl sites for hydroxylation is 1. The molecule has 0 aromatic heterocycles. The average molecular weight is 294 g/mol. The lowest BCUT2D eigenvalue weighted by Crippen LogP contribution is -2.39. The number of hydrogen-bond acceptors (Lipinski definition) is 5. The van der Waals surface area contributed by atoms with Crippen LogP contribution in [-0.4, -0.2) is 28.1 Å². The molecule has 1 aromatic carbocycles. The molecular formula is C14H18N2O3S. The van der Waals surface area contributed by atoms with Crippen LogP contribution in [0.2, 0.25) is 0 Å². The fourth-order valence-electron chi connectivity index (χ4n) is 2.16. The number of hydrogen-bond donors (Lipinski definition) is 1. The molecule has 0 bridgehead atoms. The van der Waals surface area contributed by atoms with Crippen LogP contribution in [0.4, 0.5) is 0 Å². The lowest BCUT2D eigenvalue weighted by Gasteiger charge is -2.30. The maximum atomic E-state index is 12.1. The Morgan fingerprint density at radius 1 is 1.30 bits per heavy atom. The third kappa shape index (κ3) is 3.37. The van der Waals surface area contributed by atoms with Gasteiger partial charge in [-0.1, -0.05) is 17.7 Å². The monoisotopic (exact) mass is 294 g/mol. The van der Waals surface area contributed by atoms with Crippen LogP contribution in [0.1, 0.15) is 18.4 Å². The van der Waals surface area contributed by atoms with E-state index >= 15 is 0 Å². The van der Waals surface area contributed by atoms with E-state index in [4.69, 9.17) is 4.18 Å². The lowest BCUT2D eigenvalue weighted by molar-refractivity contribution is 0.162. The van der Waals surface area contributed by atoms with Gasteiger partial charge in [-0.25, -0.2) is 0 Å². The molecule has 1 fully saturated rings. The summed E-state index contributed by atoms with van der Waals surface area (Å²) in [7, 11) is -3.80. The predicted octanol–water partition coefficient (Wildman–Crippen LogP) is 1.59. The number of nitriles is 1. The minimum Gasteiger partial charge on any atom is -0.317 e. The van der Waals surface area contributed by atoms with Gasteiger partial charge in [0.05, 0.1) is 23.0 Å². The van der Waals surface area contributed by atoms with E-state index in [0.29, 0.717) is 25.9 Å². The van der Waals surface area contributed by atoms with Crippen LogP contribution in [0.15, 0.2) is 29.2 Å². The number of benzene rings is 1. The Morgan fingerprint density at radius 2 is 1.90 bits per heavy atom. The molecule has 0 spiro atoms. The van der Waals surface area contributed by atoms with Gasteiger partial charge in [-0.2, -0.15) is 13.7 Å². The molecule has 1 aliphatic heterocycles. The van der Waals surface area contributed by atoms with Crippen molar-refractivity contribution in [3.8, 4) is 6.07 Å². The van der Waals surface area contributed by atoms with Gasteiger partial charge in [0.1, 0.15) is 0 Å². The summed E-state index contributed by atoms with van der Waals surface area (Å²) in [5, 5.41) is 12.4. The quantitative estimate of drug-likeness (QED) is 0.853. The third-order valence-electron chi connectivity index (χ3n) is 3.60. The smallest absolute Gasteiger partial charge is 0.297 e. The fourth-order valence-corrected chi connectivity index (χ4v) is 3.14. The normalized spacial score (nSPS) is 18.4. The van der Waals surface area contributed by atoms with Crippen molar-refractivity contribution in [1.29, 1.82) is 5.26 Å². The van der Waals surface area contributed by atoms with Gasteiger partial charge in [0.15, 0.2) is 0 Å². The predicted molar refractivity (Wildman–Crippen MR) is 74.5 cm³/mol. The van der Waals surface area contributed by atoms with Crippen LogP contribution in [0.5, 0.6) is 0 Å². The zero-order chi connectivity index (χ0) is 14.6. The number of nitrogens with zero attached hydrogens (tertiary/aromatic N) is 1. The summed E-state index contributed by atoms with van der Waals surface area (Å²) in [6.45, 7) is 3.22. The van der Waals surface area contributed by atoms with Crippen LogP contribution < -0.4 is 5.32 Å². The van der Waals surface area contributed by atoms with Crippen LogP contribution in [0.25, 0.3) is 0 Å². The average Bonchev–Trinajstić information content (AvgIpc) is 2.47. The Hall–Kier alpha value is -1.42. The minimum atomic E-state index is -3.80. The van der Waals surface area contributed by atoms with Crippen molar-refractivity contribution < 1.29 is 12.6 Å². The second-order valence-electron chi connectivity index (χ2n) is 5.17. The second kappa shape index (κ2) is 5.92. The highest BCUT2D eigenvalue weighted by molar-refractivity contribution is 7.86. The van der Waals surface area contributed by atoms with E-state index in [1.54, 1.807) is 12.1 Å². The number of piperidine rings is 1. The first kappa shape index (κ1) is 15.0. The van der Waals surface area contributed by atoms with E-state index in [9.17, 15) is 13.7 Å². The molecule has 0 aliphatic carbocycles. The topological polar surface area (TPSA) is 79.2 Å². The Labute approximate surface area is 119 Å². The molecule has 1 aliphatic rings. The molecule has 0 radical (unpaired) electrons. The standard InChI is InChI=1S/C14H18N2O3S/c1-12-2-4-13(5-3-12)20(17,18)19-11-14(10-15)6-8-16-9-7-14/h2-5,16H,6-9,11H2,1H3. The molecule has 0 amide bonds. The molecule has 0 atom stereocenters. The van der Waals surface area contributed by atoms with Crippen LogP contribution >= 0.6 is 0 Å². The molecule has 1 heterocycles. The molecule has 0 unspecified atom stereocenters. The summed E-state index contributed by atoms with van der Waals surface area (Å²) < 4.78 is 29.3. The highest BCUT2D eigenvalue weighted by Crippen LogP contribution is 2.29. The maximum absolute atomic E-state index is 12.1. The Bertz CT molecular complexity index is 596. The van der Waals surface area contributed by atoms with Gasteiger partial charge in [-0.3, -0.25) is 4.18 Å². The minimum absolute atomic E-state index is 0.0820. The fraction of sp³-hybridized carbons (Fsp3) is 0.500. The SMILES string of the molecule is Cc1ccc(S(=O)(=O)OCC2(C#N)CCNCC2)cc1. The van der Waals surface area contributed by atoms with Crippen molar-refractivity contribution in [1.82, 2.24) is 5.32 Å². The van der Waals surface area contributed by atoms with Crippen molar-refractivity contribution in [2.45, 2.75) is 24.7 Å². The second-order valence-corrected chi connectivity index (χ2v) is 6.79. The molecule has 20 heavy (non-hydrogen) atoms. The van der Waals surface area contributed by atoms with E-state index in [-0.39, 0.29) is 11.5 Å². The van der Waals surface area contributed by atoms with Gasteiger partial charge in [-0.15, -0.1) is 0 Å². The molecular weight excluding hydrogens is 276 g/mol. The lowest BCUT2D eigenvalue weighted by atomic mass is 9.81. The summed E-state index contributed by atoms with van der Waals surface area (Å²) in [6.07, 6.45) is 1.21. The van der Waals surface area contributed by atoms with Crippen LogP contribution in [0.3, 0.4) is 0 Å². The van der Waals surface area contributed by atoms with E-state index in [1.165, 1.54) is 12.1 Å². The zero-order valence-corrected chi connectivity index (χ0v) is 12.2. The van der Waals surface area contributed by atoms with Gasteiger partial charge in [0.25, 0.3) is 10.1 Å². The Kier molecular flexibility index (Phi) is 4.43. The van der Waals surface area contributed by atoms with Crippen molar-refractivity contribution in [2.24, 2.45) is 5.41 Å². The van der Waals surface area contributed by atoms with Crippen molar-refractivity contribution in [2.75, 3.05) is 19.7 Å². The molecule has 2 rings (SSSR count). The summed E-state index contributed by atoms with van der Waals surface area (Å²) in [5.41, 5.74) is 0.277. The van der Waals surface area contributed by atoms with Gasteiger partial charge in [0, 0.05) is 0 Å². The van der Waals surface area contributed by atoms with Gasteiger partial charge in [0.2, 0.25) is 0 Å². The number of nitrogens with one attached hydrogen (secondary N) is 1. The summed E-state index contributed by atoms with van der Waals surface area (Å²) in [5.74, 6) is 0. The first-order chi connectivity index (χ1) is 9.47. The molecule has 0 saturated carbocycles. The molecule has 1 N–H and O–H groups in total. The van der Waals surface area contributed by atoms with Crippen LogP contribution in [-0.2, 0) is 14.3 Å². The molecule has 1 aromatic rings. The third-order valence-corrected chi connectivity index (χ3v) is 4.88. The van der Waals surface area contributed by atoms with E-state index in [2.05, 4.69) is 11.4 Å². The summed E-state index contributed by atoms with van der Waals surface area (Å²) >= 11 is 0. The molecule has 5 nitrogen and oxygen atoms in total. The van der Waals surface area contributed by atoms with Crippen molar-refractivity contribution >= 4 is 10.1 Å². The first-order valence-electron chi connectivity index (χ1n) is 6.56. The van der Waals surface area contributed by atoms with Gasteiger partial charge < -0.3 is 5.32 Å². The maximum Gasteiger partial charge on any atom is 0.297 e. The van der Waals surface area contributed by atoms with E-state index in [1.807, 2.05) is 6.92 Å². The largest absolute Gasteiger partial charge is 0.317 e. The zero-order valence-electron chi connectivity index (χ0n) is 11.4. The first-order valence-corrected chi connectivity index (χ1v) is 7.96. The Morgan fingerprint density at radius 3 is 2.45 bits per heavy atom. The molecule has 108 valence electrons. The van der Waals surface area contributed by atoms with E-state index < -0.39 is 15.5 Å².